The molecule has 1 aromatic carbocycles. The van der Waals surface area contributed by atoms with E-state index in [9.17, 15) is 0 Å². The van der Waals surface area contributed by atoms with E-state index in [1.54, 1.807) is 0 Å². The van der Waals surface area contributed by atoms with Gasteiger partial charge in [0.25, 0.3) is 0 Å². The fraction of sp³-hybridized carbons (Fsp3) is 0.429. The normalized spacial score (nSPS) is 12.4. The quantitative estimate of drug-likeness (QED) is 0.647. The maximum Gasteiger partial charge on any atom is 0.231 e. The zero-order valence-corrected chi connectivity index (χ0v) is 11.8. The lowest BCUT2D eigenvalue weighted by Gasteiger charge is -2.07. The summed E-state index contributed by atoms with van der Waals surface area (Å²) >= 11 is 3.49. The standard InChI is InChI=1S/C14H16BrNO2/c1-2-3-4-5-6-16-9-11-7-12(15)14-13(8-11)17-10-18-14/h1,7-8,16H,3-6,9-10H2. The summed E-state index contributed by atoms with van der Waals surface area (Å²) in [6.45, 7) is 2.11. The summed E-state index contributed by atoms with van der Waals surface area (Å²) in [5, 5.41) is 3.39. The summed E-state index contributed by atoms with van der Waals surface area (Å²) < 4.78 is 11.7. The first-order chi connectivity index (χ1) is 8.81. The Hall–Kier alpha value is -1.18. The van der Waals surface area contributed by atoms with Gasteiger partial charge in [-0.25, -0.2) is 0 Å². The third kappa shape index (κ3) is 3.41. The molecule has 1 heterocycles. The molecule has 18 heavy (non-hydrogen) atoms. The van der Waals surface area contributed by atoms with Crippen molar-refractivity contribution in [3.8, 4) is 23.8 Å². The van der Waals surface area contributed by atoms with Crippen LogP contribution in [0, 0.1) is 12.3 Å². The van der Waals surface area contributed by atoms with E-state index in [-0.39, 0.29) is 0 Å². The van der Waals surface area contributed by atoms with Crippen molar-refractivity contribution in [2.75, 3.05) is 13.3 Å². The predicted octanol–water partition coefficient (Wildman–Crippen LogP) is 3.07. The van der Waals surface area contributed by atoms with E-state index >= 15 is 0 Å². The first-order valence-electron chi connectivity index (χ1n) is 6.03. The molecular weight excluding hydrogens is 294 g/mol. The van der Waals surface area contributed by atoms with Crippen LogP contribution in [-0.4, -0.2) is 13.3 Å². The van der Waals surface area contributed by atoms with Gasteiger partial charge in [-0.15, -0.1) is 12.3 Å². The predicted molar refractivity (Wildman–Crippen MR) is 74.7 cm³/mol. The number of nitrogens with one attached hydrogen (secondary N) is 1. The number of halogens is 1. The van der Waals surface area contributed by atoms with Gasteiger partial charge >= 0.3 is 0 Å². The van der Waals surface area contributed by atoms with Crippen LogP contribution in [0.15, 0.2) is 16.6 Å². The molecule has 1 aliphatic rings. The minimum Gasteiger partial charge on any atom is -0.454 e. The molecule has 0 unspecified atom stereocenters. The fourth-order valence-electron chi connectivity index (χ4n) is 1.83. The van der Waals surface area contributed by atoms with Crippen LogP contribution in [0.2, 0.25) is 0 Å². The van der Waals surface area contributed by atoms with Crippen molar-refractivity contribution in [3.05, 3.63) is 22.2 Å². The lowest BCUT2D eigenvalue weighted by Crippen LogP contribution is -2.14. The zero-order valence-electron chi connectivity index (χ0n) is 10.2. The van der Waals surface area contributed by atoms with Crippen molar-refractivity contribution in [2.24, 2.45) is 0 Å². The Morgan fingerprint density at radius 1 is 1.33 bits per heavy atom. The number of benzene rings is 1. The molecule has 0 radical (unpaired) electrons. The molecule has 0 aliphatic carbocycles. The van der Waals surface area contributed by atoms with Crippen LogP contribution >= 0.6 is 15.9 Å². The Bertz CT molecular complexity index is 454. The Kier molecular flexibility index (Phi) is 4.91. The van der Waals surface area contributed by atoms with Crippen molar-refractivity contribution in [1.29, 1.82) is 0 Å². The third-order valence-electron chi connectivity index (χ3n) is 2.74. The van der Waals surface area contributed by atoms with E-state index in [0.29, 0.717) is 6.79 Å². The molecule has 2 rings (SSSR count). The molecule has 0 spiro atoms. The zero-order chi connectivity index (χ0) is 12.8. The largest absolute Gasteiger partial charge is 0.454 e. The second kappa shape index (κ2) is 6.67. The minimum absolute atomic E-state index is 0.302. The summed E-state index contributed by atoms with van der Waals surface area (Å²) in [5.74, 6) is 4.26. The number of terminal acetylenes is 1. The number of hydrogen-bond acceptors (Lipinski definition) is 3. The highest BCUT2D eigenvalue weighted by Crippen LogP contribution is 2.39. The second-order valence-electron chi connectivity index (χ2n) is 4.15. The van der Waals surface area contributed by atoms with Crippen LogP contribution in [0.25, 0.3) is 0 Å². The van der Waals surface area contributed by atoms with Gasteiger partial charge in [-0.1, -0.05) is 0 Å². The second-order valence-corrected chi connectivity index (χ2v) is 5.00. The van der Waals surface area contributed by atoms with Gasteiger partial charge in [-0.2, -0.15) is 0 Å². The van der Waals surface area contributed by atoms with Crippen LogP contribution in [0.1, 0.15) is 24.8 Å². The highest BCUT2D eigenvalue weighted by Gasteiger charge is 2.17. The number of rotatable bonds is 6. The van der Waals surface area contributed by atoms with Crippen LogP contribution < -0.4 is 14.8 Å². The molecule has 0 fully saturated rings. The molecule has 0 saturated heterocycles. The first kappa shape index (κ1) is 13.3. The van der Waals surface area contributed by atoms with E-state index in [1.165, 1.54) is 5.56 Å². The summed E-state index contributed by atoms with van der Waals surface area (Å²) in [5.41, 5.74) is 1.18. The first-order valence-corrected chi connectivity index (χ1v) is 6.83. The van der Waals surface area contributed by atoms with E-state index in [2.05, 4.69) is 33.2 Å². The molecular formula is C14H16BrNO2. The molecule has 0 aromatic heterocycles. The molecule has 0 amide bonds. The Balaban J connectivity index is 1.80. The molecule has 4 heteroatoms. The van der Waals surface area contributed by atoms with Crippen LogP contribution in [0.4, 0.5) is 0 Å². The molecule has 1 N–H and O–H groups in total. The van der Waals surface area contributed by atoms with Gasteiger partial charge < -0.3 is 14.8 Å². The smallest absolute Gasteiger partial charge is 0.231 e. The fourth-order valence-corrected chi connectivity index (χ4v) is 2.44. The summed E-state index contributed by atoms with van der Waals surface area (Å²) in [7, 11) is 0. The molecule has 0 saturated carbocycles. The van der Waals surface area contributed by atoms with Gasteiger partial charge in [0.2, 0.25) is 6.79 Å². The highest BCUT2D eigenvalue weighted by molar-refractivity contribution is 9.10. The van der Waals surface area contributed by atoms with Crippen LogP contribution in [0.5, 0.6) is 11.5 Å². The van der Waals surface area contributed by atoms with Crippen molar-refractivity contribution in [3.63, 3.8) is 0 Å². The van der Waals surface area contributed by atoms with E-state index in [4.69, 9.17) is 15.9 Å². The summed E-state index contributed by atoms with van der Waals surface area (Å²) in [6, 6.07) is 4.07. The van der Waals surface area contributed by atoms with E-state index < -0.39 is 0 Å². The van der Waals surface area contributed by atoms with E-state index in [0.717, 1.165) is 48.3 Å². The average molecular weight is 310 g/mol. The van der Waals surface area contributed by atoms with Crippen molar-refractivity contribution in [1.82, 2.24) is 5.32 Å². The monoisotopic (exact) mass is 309 g/mol. The lowest BCUT2D eigenvalue weighted by molar-refractivity contribution is 0.173. The van der Waals surface area contributed by atoms with Crippen molar-refractivity contribution >= 4 is 15.9 Å². The van der Waals surface area contributed by atoms with Gasteiger partial charge in [-0.05, 0) is 53.0 Å². The molecule has 1 aliphatic heterocycles. The van der Waals surface area contributed by atoms with E-state index in [1.807, 2.05) is 6.07 Å². The SMILES string of the molecule is C#CCCCCNCc1cc(Br)c2c(c1)OCO2. The van der Waals surface area contributed by atoms with Gasteiger partial charge in [0, 0.05) is 13.0 Å². The Morgan fingerprint density at radius 2 is 2.22 bits per heavy atom. The lowest BCUT2D eigenvalue weighted by atomic mass is 10.2. The topological polar surface area (TPSA) is 30.5 Å². The summed E-state index contributed by atoms with van der Waals surface area (Å²) in [6.07, 6.45) is 8.24. The van der Waals surface area contributed by atoms with Crippen molar-refractivity contribution < 1.29 is 9.47 Å². The maximum atomic E-state index is 5.38. The number of unbranched alkanes of at least 4 members (excludes halogenated alkanes) is 2. The van der Waals surface area contributed by atoms with Gasteiger partial charge in [0.05, 0.1) is 4.47 Å². The van der Waals surface area contributed by atoms with Crippen LogP contribution in [-0.2, 0) is 6.54 Å². The minimum atomic E-state index is 0.302. The maximum absolute atomic E-state index is 5.38. The number of fused-ring (bicyclic) bond motifs is 1. The number of ether oxygens (including phenoxy) is 2. The molecule has 96 valence electrons. The molecule has 0 bridgehead atoms. The third-order valence-corrected chi connectivity index (χ3v) is 3.33. The van der Waals surface area contributed by atoms with Gasteiger partial charge in [0.15, 0.2) is 11.5 Å². The van der Waals surface area contributed by atoms with Crippen LogP contribution in [0.3, 0.4) is 0 Å². The summed E-state index contributed by atoms with van der Waals surface area (Å²) in [4.78, 5) is 0. The molecule has 3 nitrogen and oxygen atoms in total. The molecule has 0 atom stereocenters. The average Bonchev–Trinajstić information content (AvgIpc) is 2.82. The highest BCUT2D eigenvalue weighted by atomic mass is 79.9. The Morgan fingerprint density at radius 3 is 3.06 bits per heavy atom. The Labute approximate surface area is 116 Å². The van der Waals surface area contributed by atoms with Crippen molar-refractivity contribution in [2.45, 2.75) is 25.8 Å². The number of hydrogen-bond donors (Lipinski definition) is 1. The molecule has 1 aromatic rings. The van der Waals surface area contributed by atoms with Gasteiger partial charge in [-0.3, -0.25) is 0 Å². The van der Waals surface area contributed by atoms with Gasteiger partial charge in [0.1, 0.15) is 0 Å².